The first-order chi connectivity index (χ1) is 18.4. The van der Waals surface area contributed by atoms with Gasteiger partial charge in [0.05, 0.1) is 16.9 Å². The summed E-state index contributed by atoms with van der Waals surface area (Å²) in [4.78, 5) is 43.1. The molecule has 0 fully saturated rings. The highest BCUT2D eigenvalue weighted by Gasteiger charge is 2.59. The standard InChI is InChI=1S/C28H19BrN6O3/c1-34-23-21(25(36)32-27(34)38)28(18-14-16(29)12-13-19(18)30-26(28)37)20-22(15-8-4-2-5-9-15)33-35(24(20)31-23)17-10-6-3-7-11-17/h2-14,31H,1H3,(H,30,37)(H,32,36,38). The van der Waals surface area contributed by atoms with Gasteiger partial charge in [-0.3, -0.25) is 19.1 Å². The van der Waals surface area contributed by atoms with Crippen LogP contribution in [0, 0.1) is 0 Å². The fourth-order valence-corrected chi connectivity index (χ4v) is 5.93. The number of aromatic amines is 1. The van der Waals surface area contributed by atoms with Crippen LogP contribution in [0.4, 0.5) is 17.3 Å². The highest BCUT2D eigenvalue weighted by atomic mass is 79.9. The minimum absolute atomic E-state index is 0.131. The molecular weight excluding hydrogens is 548 g/mol. The van der Waals surface area contributed by atoms with Crippen molar-refractivity contribution in [1.29, 1.82) is 0 Å². The van der Waals surface area contributed by atoms with Crippen LogP contribution in [-0.2, 0) is 17.3 Å². The van der Waals surface area contributed by atoms with Crippen molar-refractivity contribution in [3.63, 3.8) is 0 Å². The van der Waals surface area contributed by atoms with Gasteiger partial charge >= 0.3 is 5.69 Å². The van der Waals surface area contributed by atoms with Crippen molar-refractivity contribution in [2.45, 2.75) is 5.41 Å². The number of hydrogen-bond donors (Lipinski definition) is 3. The third-order valence-corrected chi connectivity index (χ3v) is 7.71. The number of fused-ring (bicyclic) bond motifs is 6. The SMILES string of the molecule is Cn1c2c(c(=O)[nH]c1=O)C1(C(=O)Nc3ccc(Br)cc31)c1c(-c3ccccc3)nn(-c3ccccc3)c1N2. The first kappa shape index (κ1) is 22.5. The van der Waals surface area contributed by atoms with Crippen molar-refractivity contribution >= 4 is 39.2 Å². The first-order valence-corrected chi connectivity index (χ1v) is 12.7. The molecule has 4 heterocycles. The number of anilines is 3. The Kier molecular flexibility index (Phi) is 4.67. The van der Waals surface area contributed by atoms with Crippen molar-refractivity contribution in [1.82, 2.24) is 19.3 Å². The molecule has 3 N–H and O–H groups in total. The van der Waals surface area contributed by atoms with Gasteiger partial charge in [0.25, 0.3) is 5.56 Å². The number of carbonyl (C=O) groups excluding carboxylic acids is 1. The van der Waals surface area contributed by atoms with E-state index in [0.717, 1.165) is 15.7 Å². The van der Waals surface area contributed by atoms with E-state index in [4.69, 9.17) is 5.10 Å². The molecule has 1 atom stereocenters. The molecule has 5 aromatic rings. The van der Waals surface area contributed by atoms with E-state index in [-0.39, 0.29) is 11.4 Å². The molecule has 1 amide bonds. The Bertz CT molecular complexity index is 1910. The third kappa shape index (κ3) is 2.86. The monoisotopic (exact) mass is 566 g/mol. The Hall–Kier alpha value is -4.70. The summed E-state index contributed by atoms with van der Waals surface area (Å²) in [5, 5.41) is 11.3. The van der Waals surface area contributed by atoms with Gasteiger partial charge in [-0.2, -0.15) is 5.10 Å². The van der Waals surface area contributed by atoms with Gasteiger partial charge in [-0.25, -0.2) is 9.48 Å². The normalized spacial score (nSPS) is 16.9. The zero-order valence-electron chi connectivity index (χ0n) is 19.9. The molecule has 38 heavy (non-hydrogen) atoms. The molecule has 0 saturated heterocycles. The largest absolute Gasteiger partial charge is 0.329 e. The van der Waals surface area contributed by atoms with Gasteiger partial charge in [0.15, 0.2) is 0 Å². The molecule has 2 aliphatic rings. The van der Waals surface area contributed by atoms with Crippen molar-refractivity contribution < 1.29 is 4.79 Å². The summed E-state index contributed by atoms with van der Waals surface area (Å²) in [5.41, 5.74) is 1.07. The summed E-state index contributed by atoms with van der Waals surface area (Å²) in [6.45, 7) is 0. The maximum Gasteiger partial charge on any atom is 0.329 e. The van der Waals surface area contributed by atoms with E-state index < -0.39 is 22.6 Å². The molecule has 2 aromatic heterocycles. The van der Waals surface area contributed by atoms with E-state index in [1.807, 2.05) is 72.8 Å². The average molecular weight is 567 g/mol. The van der Waals surface area contributed by atoms with Gasteiger partial charge < -0.3 is 10.6 Å². The van der Waals surface area contributed by atoms with Crippen LogP contribution in [0.15, 0.2) is 92.9 Å². The summed E-state index contributed by atoms with van der Waals surface area (Å²) in [5.74, 6) is 0.320. The second-order valence-electron chi connectivity index (χ2n) is 9.25. The number of H-pyrrole nitrogens is 1. The van der Waals surface area contributed by atoms with E-state index in [1.165, 1.54) is 4.57 Å². The molecule has 10 heteroatoms. The highest BCUT2D eigenvalue weighted by molar-refractivity contribution is 9.10. The molecule has 9 nitrogen and oxygen atoms in total. The molecule has 0 bridgehead atoms. The summed E-state index contributed by atoms with van der Waals surface area (Å²) >= 11 is 3.55. The topological polar surface area (TPSA) is 114 Å². The number of hydrogen-bond acceptors (Lipinski definition) is 5. The predicted octanol–water partition coefficient (Wildman–Crippen LogP) is 4.03. The lowest BCUT2D eigenvalue weighted by molar-refractivity contribution is -0.118. The van der Waals surface area contributed by atoms with Crippen molar-refractivity contribution in [3.05, 3.63) is 121 Å². The van der Waals surface area contributed by atoms with Crippen molar-refractivity contribution in [3.8, 4) is 16.9 Å². The Labute approximate surface area is 223 Å². The predicted molar refractivity (Wildman–Crippen MR) is 147 cm³/mol. The number of nitrogens with zero attached hydrogens (tertiary/aromatic N) is 3. The van der Waals surface area contributed by atoms with Crippen LogP contribution in [0.3, 0.4) is 0 Å². The molecule has 186 valence electrons. The molecule has 0 saturated carbocycles. The van der Waals surface area contributed by atoms with E-state index in [2.05, 4.69) is 31.5 Å². The molecule has 7 rings (SSSR count). The Morgan fingerprint density at radius 2 is 1.55 bits per heavy atom. The van der Waals surface area contributed by atoms with Gasteiger partial charge in [-0.1, -0.05) is 64.5 Å². The van der Waals surface area contributed by atoms with E-state index in [9.17, 15) is 14.4 Å². The lowest BCUT2D eigenvalue weighted by Gasteiger charge is -2.35. The highest BCUT2D eigenvalue weighted by Crippen LogP contribution is 2.56. The Morgan fingerprint density at radius 1 is 0.842 bits per heavy atom. The van der Waals surface area contributed by atoms with Gasteiger partial charge in [-0.05, 0) is 30.3 Å². The van der Waals surface area contributed by atoms with E-state index in [1.54, 1.807) is 17.8 Å². The van der Waals surface area contributed by atoms with Gasteiger partial charge in [0.1, 0.15) is 17.1 Å². The number of halogens is 1. The van der Waals surface area contributed by atoms with Crippen LogP contribution in [-0.4, -0.2) is 25.2 Å². The number of nitrogens with one attached hydrogen (secondary N) is 3. The maximum atomic E-state index is 14.3. The van der Waals surface area contributed by atoms with Gasteiger partial charge in [0, 0.05) is 33.9 Å². The van der Waals surface area contributed by atoms with Crippen molar-refractivity contribution in [2.75, 3.05) is 10.6 Å². The molecule has 2 aliphatic heterocycles. The quantitative estimate of drug-likeness (QED) is 0.298. The summed E-state index contributed by atoms with van der Waals surface area (Å²) in [6, 6.07) is 24.5. The lowest BCUT2D eigenvalue weighted by atomic mass is 9.68. The second kappa shape index (κ2) is 7.90. The van der Waals surface area contributed by atoms with Crippen LogP contribution in [0.1, 0.15) is 16.7 Å². The molecule has 3 aromatic carbocycles. The van der Waals surface area contributed by atoms with Crippen LogP contribution in [0.5, 0.6) is 0 Å². The summed E-state index contributed by atoms with van der Waals surface area (Å²) in [7, 11) is 1.55. The van der Waals surface area contributed by atoms with E-state index >= 15 is 0 Å². The van der Waals surface area contributed by atoms with E-state index in [0.29, 0.717) is 28.3 Å². The zero-order chi connectivity index (χ0) is 26.2. The number of amides is 1. The smallest absolute Gasteiger partial charge is 0.325 e. The van der Waals surface area contributed by atoms with Crippen LogP contribution in [0.25, 0.3) is 16.9 Å². The molecule has 0 aliphatic carbocycles. The number of rotatable bonds is 2. The van der Waals surface area contributed by atoms with Crippen LogP contribution in [0.2, 0.25) is 0 Å². The average Bonchev–Trinajstić information content (AvgIpc) is 3.44. The lowest BCUT2D eigenvalue weighted by Crippen LogP contribution is -2.48. The maximum absolute atomic E-state index is 14.3. The van der Waals surface area contributed by atoms with Gasteiger partial charge in [0.2, 0.25) is 5.91 Å². The van der Waals surface area contributed by atoms with Crippen molar-refractivity contribution in [2.24, 2.45) is 7.05 Å². The number of benzene rings is 3. The van der Waals surface area contributed by atoms with Gasteiger partial charge in [-0.15, -0.1) is 0 Å². The molecule has 1 spiro atoms. The zero-order valence-corrected chi connectivity index (χ0v) is 21.5. The van der Waals surface area contributed by atoms with Crippen LogP contribution < -0.4 is 21.9 Å². The third-order valence-electron chi connectivity index (χ3n) is 7.22. The molecular formula is C28H19BrN6O3. The minimum Gasteiger partial charge on any atom is -0.325 e. The number of para-hydroxylation sites is 1. The first-order valence-electron chi connectivity index (χ1n) is 11.9. The summed E-state index contributed by atoms with van der Waals surface area (Å²) in [6.07, 6.45) is 0. The Morgan fingerprint density at radius 3 is 2.29 bits per heavy atom. The second-order valence-corrected chi connectivity index (χ2v) is 10.2. The minimum atomic E-state index is -1.59. The fourth-order valence-electron chi connectivity index (χ4n) is 5.57. The van der Waals surface area contributed by atoms with Crippen LogP contribution >= 0.6 is 15.9 Å². The Balaban J connectivity index is 1.72. The molecule has 0 radical (unpaired) electrons. The number of carbonyl (C=O) groups is 1. The summed E-state index contributed by atoms with van der Waals surface area (Å²) < 4.78 is 3.78. The molecule has 1 unspecified atom stereocenters. The number of aromatic nitrogens is 4. The fraction of sp³-hybridized carbons (Fsp3) is 0.0714.